The minimum absolute atomic E-state index is 0.122. The standard InChI is InChI=1S/C27H27N3O4/c1-32-22-12-7-11-21(17-22)26(31)30(18-23-13-8-16-33-23)19-24-25(20-9-3-2-4-10-20)28-34-27(24)29-14-5-6-15-29/h2-4,7-13,16-17H,5-6,14-15,18-19H2,1H3. The van der Waals surface area contributed by atoms with Gasteiger partial charge in [-0.1, -0.05) is 41.6 Å². The fraction of sp³-hybridized carbons (Fsp3) is 0.259. The molecule has 3 heterocycles. The molecule has 5 rings (SSSR count). The summed E-state index contributed by atoms with van der Waals surface area (Å²) in [6.45, 7) is 2.48. The molecule has 174 valence electrons. The summed E-state index contributed by atoms with van der Waals surface area (Å²) in [7, 11) is 1.59. The lowest BCUT2D eigenvalue weighted by Crippen LogP contribution is -2.31. The van der Waals surface area contributed by atoms with Gasteiger partial charge in [-0.25, -0.2) is 0 Å². The molecule has 7 nitrogen and oxygen atoms in total. The Morgan fingerprint density at radius 3 is 2.59 bits per heavy atom. The second-order valence-corrected chi connectivity index (χ2v) is 8.35. The van der Waals surface area contributed by atoms with Crippen LogP contribution in [0.2, 0.25) is 0 Å². The molecule has 0 radical (unpaired) electrons. The van der Waals surface area contributed by atoms with Crippen molar-refractivity contribution < 1.29 is 18.5 Å². The van der Waals surface area contributed by atoms with E-state index in [-0.39, 0.29) is 5.91 Å². The molecule has 1 aliphatic heterocycles. The second kappa shape index (κ2) is 9.87. The van der Waals surface area contributed by atoms with E-state index in [2.05, 4.69) is 10.1 Å². The first-order chi connectivity index (χ1) is 16.7. The summed E-state index contributed by atoms with van der Waals surface area (Å²) in [5.41, 5.74) is 3.16. The SMILES string of the molecule is COc1cccc(C(=O)N(Cc2ccco2)Cc2c(-c3ccccc3)noc2N2CCCC2)c1. The lowest BCUT2D eigenvalue weighted by Gasteiger charge is -2.24. The van der Waals surface area contributed by atoms with E-state index in [4.69, 9.17) is 13.7 Å². The number of aromatic nitrogens is 1. The van der Waals surface area contributed by atoms with Crippen molar-refractivity contribution in [2.75, 3.05) is 25.1 Å². The lowest BCUT2D eigenvalue weighted by atomic mass is 10.1. The molecule has 2 aromatic carbocycles. The van der Waals surface area contributed by atoms with Crippen molar-refractivity contribution in [3.05, 3.63) is 89.9 Å². The number of nitrogens with zero attached hydrogens (tertiary/aromatic N) is 3. The van der Waals surface area contributed by atoms with Crippen LogP contribution in [0.3, 0.4) is 0 Å². The highest BCUT2D eigenvalue weighted by Gasteiger charge is 2.28. The molecule has 0 saturated carbocycles. The first-order valence-corrected chi connectivity index (χ1v) is 11.5. The highest BCUT2D eigenvalue weighted by Crippen LogP contribution is 2.34. The Hall–Kier alpha value is -4.00. The fourth-order valence-electron chi connectivity index (χ4n) is 4.35. The van der Waals surface area contributed by atoms with Crippen LogP contribution in [0.15, 0.2) is 81.9 Å². The molecule has 1 aliphatic rings. The minimum atomic E-state index is -0.122. The Balaban J connectivity index is 1.54. The number of furan rings is 1. The molecule has 34 heavy (non-hydrogen) atoms. The van der Waals surface area contributed by atoms with Crippen molar-refractivity contribution in [1.82, 2.24) is 10.1 Å². The number of hydrogen-bond donors (Lipinski definition) is 0. The van der Waals surface area contributed by atoms with Gasteiger partial charge >= 0.3 is 0 Å². The van der Waals surface area contributed by atoms with Crippen LogP contribution in [0.5, 0.6) is 5.75 Å². The zero-order valence-corrected chi connectivity index (χ0v) is 19.1. The van der Waals surface area contributed by atoms with Gasteiger partial charge in [-0.3, -0.25) is 4.79 Å². The van der Waals surface area contributed by atoms with E-state index in [9.17, 15) is 4.79 Å². The molecule has 0 spiro atoms. The molecule has 1 saturated heterocycles. The number of rotatable bonds is 8. The first kappa shape index (κ1) is 21.8. The van der Waals surface area contributed by atoms with Crippen LogP contribution >= 0.6 is 0 Å². The number of benzene rings is 2. The molecular weight excluding hydrogens is 430 g/mol. The summed E-state index contributed by atoms with van der Waals surface area (Å²) < 4.78 is 16.8. The third kappa shape index (κ3) is 4.55. The van der Waals surface area contributed by atoms with E-state index in [0.29, 0.717) is 30.2 Å². The van der Waals surface area contributed by atoms with E-state index in [1.54, 1.807) is 30.4 Å². The molecule has 0 N–H and O–H groups in total. The van der Waals surface area contributed by atoms with Crippen LogP contribution in [-0.4, -0.2) is 36.2 Å². The van der Waals surface area contributed by atoms with E-state index < -0.39 is 0 Å². The topological polar surface area (TPSA) is 72.0 Å². The largest absolute Gasteiger partial charge is 0.497 e. The van der Waals surface area contributed by atoms with Crippen molar-refractivity contribution in [2.45, 2.75) is 25.9 Å². The maximum atomic E-state index is 13.7. The zero-order chi connectivity index (χ0) is 23.3. The van der Waals surface area contributed by atoms with Crippen LogP contribution < -0.4 is 9.64 Å². The highest BCUT2D eigenvalue weighted by molar-refractivity contribution is 5.94. The average Bonchev–Trinajstić information content (AvgIpc) is 3.66. The minimum Gasteiger partial charge on any atom is -0.497 e. The Bertz CT molecular complexity index is 1230. The van der Waals surface area contributed by atoms with E-state index in [1.807, 2.05) is 54.6 Å². The van der Waals surface area contributed by atoms with Crippen LogP contribution in [-0.2, 0) is 13.1 Å². The van der Waals surface area contributed by atoms with Crippen LogP contribution in [0, 0.1) is 0 Å². The molecule has 1 amide bonds. The van der Waals surface area contributed by atoms with E-state index in [0.717, 1.165) is 48.6 Å². The first-order valence-electron chi connectivity index (χ1n) is 11.5. The zero-order valence-electron chi connectivity index (χ0n) is 19.1. The predicted octanol–water partition coefficient (Wildman–Crippen LogP) is 5.39. The Kier molecular flexibility index (Phi) is 6.33. The normalized spacial score (nSPS) is 13.3. The number of ether oxygens (including phenoxy) is 1. The molecule has 4 aromatic rings. The van der Waals surface area contributed by atoms with Gasteiger partial charge in [0.25, 0.3) is 5.91 Å². The summed E-state index contributed by atoms with van der Waals surface area (Å²) in [6.07, 6.45) is 3.84. The quantitative estimate of drug-likeness (QED) is 0.353. The monoisotopic (exact) mass is 457 g/mol. The second-order valence-electron chi connectivity index (χ2n) is 8.35. The van der Waals surface area contributed by atoms with Crippen molar-refractivity contribution in [3.8, 4) is 17.0 Å². The molecular formula is C27H27N3O4. The van der Waals surface area contributed by atoms with Gasteiger partial charge in [-0.05, 0) is 43.2 Å². The Morgan fingerprint density at radius 2 is 1.85 bits per heavy atom. The van der Waals surface area contributed by atoms with Crippen molar-refractivity contribution in [2.24, 2.45) is 0 Å². The number of hydrogen-bond acceptors (Lipinski definition) is 6. The number of carbonyl (C=O) groups is 1. The van der Waals surface area contributed by atoms with Crippen molar-refractivity contribution in [1.29, 1.82) is 0 Å². The van der Waals surface area contributed by atoms with Gasteiger partial charge in [0.2, 0.25) is 5.88 Å². The summed E-state index contributed by atoms with van der Waals surface area (Å²) in [6, 6.07) is 20.8. The van der Waals surface area contributed by atoms with Crippen molar-refractivity contribution >= 4 is 11.8 Å². The maximum absolute atomic E-state index is 13.7. The summed E-state index contributed by atoms with van der Waals surface area (Å²) >= 11 is 0. The molecule has 1 fully saturated rings. The van der Waals surface area contributed by atoms with E-state index >= 15 is 0 Å². The number of amides is 1. The molecule has 0 atom stereocenters. The van der Waals surface area contributed by atoms with Gasteiger partial charge in [0.15, 0.2) is 0 Å². The van der Waals surface area contributed by atoms with Crippen LogP contribution in [0.4, 0.5) is 5.88 Å². The van der Waals surface area contributed by atoms with E-state index in [1.165, 1.54) is 0 Å². The smallest absolute Gasteiger partial charge is 0.254 e. The lowest BCUT2D eigenvalue weighted by molar-refractivity contribution is 0.0717. The Labute approximate surface area is 198 Å². The van der Waals surface area contributed by atoms with Gasteiger partial charge < -0.3 is 23.5 Å². The number of carbonyl (C=O) groups excluding carboxylic acids is 1. The van der Waals surface area contributed by atoms with Gasteiger partial charge in [-0.2, -0.15) is 0 Å². The van der Waals surface area contributed by atoms with Crippen molar-refractivity contribution in [3.63, 3.8) is 0 Å². The third-order valence-electron chi connectivity index (χ3n) is 6.09. The molecule has 7 heteroatoms. The molecule has 0 unspecified atom stereocenters. The third-order valence-corrected chi connectivity index (χ3v) is 6.09. The van der Waals surface area contributed by atoms with Crippen LogP contribution in [0.25, 0.3) is 11.3 Å². The summed E-state index contributed by atoms with van der Waals surface area (Å²) in [4.78, 5) is 17.7. The van der Waals surface area contributed by atoms with Crippen LogP contribution in [0.1, 0.15) is 34.5 Å². The highest BCUT2D eigenvalue weighted by atomic mass is 16.5. The van der Waals surface area contributed by atoms with Gasteiger partial charge in [0.05, 0.1) is 32.0 Å². The summed E-state index contributed by atoms with van der Waals surface area (Å²) in [5, 5.41) is 4.44. The Morgan fingerprint density at radius 1 is 1.03 bits per heavy atom. The van der Waals surface area contributed by atoms with Gasteiger partial charge in [-0.15, -0.1) is 0 Å². The fourth-order valence-corrected chi connectivity index (χ4v) is 4.35. The van der Waals surface area contributed by atoms with Gasteiger partial charge in [0.1, 0.15) is 17.2 Å². The number of methoxy groups -OCH3 is 1. The van der Waals surface area contributed by atoms with Gasteiger partial charge in [0, 0.05) is 24.2 Å². The molecule has 0 aliphatic carbocycles. The maximum Gasteiger partial charge on any atom is 0.254 e. The molecule has 0 bridgehead atoms. The average molecular weight is 458 g/mol. The number of anilines is 1. The molecule has 2 aromatic heterocycles. The predicted molar refractivity (Wildman–Crippen MR) is 129 cm³/mol. The summed E-state index contributed by atoms with van der Waals surface area (Å²) in [5.74, 6) is 1.95.